The molecule has 0 fully saturated rings. The number of carbonyl (C=O) groups is 1. The molecule has 0 heterocycles. The fraction of sp³-hybridized carbons (Fsp3) is 0.200. The molecule has 0 aromatic heterocycles. The van der Waals surface area contributed by atoms with Gasteiger partial charge in [-0.3, -0.25) is 10.1 Å². The molecule has 3 nitrogen and oxygen atoms in total. The van der Waals surface area contributed by atoms with Crippen LogP contribution in [0.2, 0.25) is 0 Å². The number of halogens is 1. The van der Waals surface area contributed by atoms with E-state index in [1.54, 1.807) is 31.1 Å². The number of nitrogens with one attached hydrogen (secondary N) is 1. The number of hydrogen-bond donors (Lipinski definition) is 1. The number of nitrogens with zero attached hydrogens (tertiary/aromatic N) is 1. The first-order chi connectivity index (χ1) is 7.00. The zero-order valence-corrected chi connectivity index (χ0v) is 10.9. The van der Waals surface area contributed by atoms with Crippen LogP contribution in [-0.4, -0.2) is 30.0 Å². The Hall–Kier alpha value is -0.940. The van der Waals surface area contributed by atoms with Crippen LogP contribution in [0.5, 0.6) is 0 Å². The molecule has 0 saturated heterocycles. The molecule has 1 rings (SSSR count). The van der Waals surface area contributed by atoms with Gasteiger partial charge in [-0.05, 0) is 36.5 Å². The lowest BCUT2D eigenvalue weighted by Crippen LogP contribution is -2.38. The predicted octanol–water partition coefficient (Wildman–Crippen LogP) is 2.03. The first-order valence-corrected chi connectivity index (χ1v) is 5.49. The lowest BCUT2D eigenvalue weighted by atomic mass is 10.2. The summed E-state index contributed by atoms with van der Waals surface area (Å²) >= 11 is 8.27. The Balaban J connectivity index is 2.69. The maximum Gasteiger partial charge on any atom is 0.257 e. The van der Waals surface area contributed by atoms with Gasteiger partial charge >= 0.3 is 0 Å². The van der Waals surface area contributed by atoms with Crippen molar-refractivity contribution in [2.45, 2.75) is 0 Å². The fourth-order valence-corrected chi connectivity index (χ4v) is 1.24. The van der Waals surface area contributed by atoms with Gasteiger partial charge in [0.1, 0.15) is 0 Å². The minimum atomic E-state index is -0.193. The number of thiocarbonyl (C=S) groups is 1. The second kappa shape index (κ2) is 5.23. The second-order valence-electron chi connectivity index (χ2n) is 3.16. The van der Waals surface area contributed by atoms with Crippen LogP contribution in [0.15, 0.2) is 28.7 Å². The largest absolute Gasteiger partial charge is 0.355 e. The van der Waals surface area contributed by atoms with Crippen LogP contribution in [0.25, 0.3) is 0 Å². The third-order valence-corrected chi connectivity index (χ3v) is 2.73. The lowest BCUT2D eigenvalue weighted by Gasteiger charge is -2.14. The van der Waals surface area contributed by atoms with E-state index in [0.717, 1.165) is 4.47 Å². The van der Waals surface area contributed by atoms with Crippen molar-refractivity contribution in [1.29, 1.82) is 0 Å². The third-order valence-electron chi connectivity index (χ3n) is 1.73. The molecule has 0 aliphatic carbocycles. The number of amides is 1. The molecule has 0 aliphatic rings. The summed E-state index contributed by atoms with van der Waals surface area (Å²) in [6.45, 7) is 0. The van der Waals surface area contributed by atoms with E-state index in [4.69, 9.17) is 12.2 Å². The summed E-state index contributed by atoms with van der Waals surface area (Å²) in [6.07, 6.45) is 0. The molecule has 0 spiro atoms. The molecule has 0 unspecified atom stereocenters. The van der Waals surface area contributed by atoms with Crippen molar-refractivity contribution in [2.75, 3.05) is 14.1 Å². The van der Waals surface area contributed by atoms with E-state index >= 15 is 0 Å². The number of hydrogen-bond acceptors (Lipinski definition) is 2. The van der Waals surface area contributed by atoms with Crippen molar-refractivity contribution in [2.24, 2.45) is 0 Å². The maximum absolute atomic E-state index is 11.6. The lowest BCUT2D eigenvalue weighted by molar-refractivity contribution is 0.0974. The molecule has 1 amide bonds. The molecule has 5 heteroatoms. The second-order valence-corrected chi connectivity index (χ2v) is 4.46. The Kier molecular flexibility index (Phi) is 4.23. The maximum atomic E-state index is 11.6. The van der Waals surface area contributed by atoms with E-state index in [1.165, 1.54) is 0 Å². The molecule has 0 radical (unpaired) electrons. The number of carbonyl (C=O) groups excluding carboxylic acids is 1. The van der Waals surface area contributed by atoms with Crippen molar-refractivity contribution in [1.82, 2.24) is 10.2 Å². The Morgan fingerprint density at radius 2 is 1.87 bits per heavy atom. The summed E-state index contributed by atoms with van der Waals surface area (Å²) in [5.41, 5.74) is 0.586. The van der Waals surface area contributed by atoms with Gasteiger partial charge in [0.05, 0.1) is 0 Å². The standard InChI is InChI=1S/C10H11BrN2OS/c1-13(2)10(15)12-9(14)7-3-5-8(11)6-4-7/h3-6H,1-2H3,(H,12,14,15). The zero-order chi connectivity index (χ0) is 11.4. The van der Waals surface area contributed by atoms with Gasteiger partial charge in [0.15, 0.2) is 5.11 Å². The molecule has 1 aromatic carbocycles. The van der Waals surface area contributed by atoms with Crippen LogP contribution in [0.4, 0.5) is 0 Å². The molecule has 0 saturated carbocycles. The average Bonchev–Trinajstić information content (AvgIpc) is 2.18. The monoisotopic (exact) mass is 286 g/mol. The van der Waals surface area contributed by atoms with Gasteiger partial charge in [-0.2, -0.15) is 0 Å². The molecule has 15 heavy (non-hydrogen) atoms. The minimum absolute atomic E-state index is 0.193. The van der Waals surface area contributed by atoms with Crippen LogP contribution in [0, 0.1) is 0 Å². The van der Waals surface area contributed by atoms with Crippen LogP contribution < -0.4 is 5.32 Å². The zero-order valence-electron chi connectivity index (χ0n) is 8.45. The molecule has 0 aliphatic heterocycles. The Bertz CT molecular complexity index is 376. The SMILES string of the molecule is CN(C)C(=S)NC(=O)c1ccc(Br)cc1. The topological polar surface area (TPSA) is 32.3 Å². The molecule has 1 aromatic rings. The summed E-state index contributed by atoms with van der Waals surface area (Å²) in [7, 11) is 3.56. The van der Waals surface area contributed by atoms with Gasteiger partial charge in [0.25, 0.3) is 5.91 Å². The molecule has 0 atom stereocenters. The molecule has 0 bridgehead atoms. The molecular formula is C10H11BrN2OS. The van der Waals surface area contributed by atoms with Crippen molar-refractivity contribution in [3.05, 3.63) is 34.3 Å². The van der Waals surface area contributed by atoms with Crippen molar-refractivity contribution in [3.8, 4) is 0 Å². The van der Waals surface area contributed by atoms with Gasteiger partial charge in [0, 0.05) is 24.1 Å². The highest BCUT2D eigenvalue weighted by Gasteiger charge is 2.07. The Labute approximate surface area is 103 Å². The van der Waals surface area contributed by atoms with E-state index in [9.17, 15) is 4.79 Å². The van der Waals surface area contributed by atoms with E-state index in [-0.39, 0.29) is 5.91 Å². The number of rotatable bonds is 1. The summed E-state index contributed by atoms with van der Waals surface area (Å²) in [5.74, 6) is -0.193. The minimum Gasteiger partial charge on any atom is -0.355 e. The third kappa shape index (κ3) is 3.60. The Morgan fingerprint density at radius 3 is 2.33 bits per heavy atom. The van der Waals surface area contributed by atoms with Crippen LogP contribution >= 0.6 is 28.1 Å². The highest BCUT2D eigenvalue weighted by Crippen LogP contribution is 2.10. The quantitative estimate of drug-likeness (QED) is 0.802. The molecule has 80 valence electrons. The van der Waals surface area contributed by atoms with Crippen LogP contribution in [-0.2, 0) is 0 Å². The highest BCUT2D eigenvalue weighted by molar-refractivity contribution is 9.10. The van der Waals surface area contributed by atoms with Crippen LogP contribution in [0.1, 0.15) is 10.4 Å². The first-order valence-electron chi connectivity index (χ1n) is 4.29. The average molecular weight is 287 g/mol. The van der Waals surface area contributed by atoms with Crippen LogP contribution in [0.3, 0.4) is 0 Å². The Morgan fingerprint density at radius 1 is 1.33 bits per heavy atom. The molecule has 1 N–H and O–H groups in total. The number of benzene rings is 1. The molecular weight excluding hydrogens is 276 g/mol. The van der Waals surface area contributed by atoms with Gasteiger partial charge in [0.2, 0.25) is 0 Å². The van der Waals surface area contributed by atoms with Gasteiger partial charge in [-0.15, -0.1) is 0 Å². The summed E-state index contributed by atoms with van der Waals surface area (Å²) < 4.78 is 0.939. The van der Waals surface area contributed by atoms with Crippen molar-refractivity contribution >= 4 is 39.2 Å². The van der Waals surface area contributed by atoms with Crippen molar-refractivity contribution < 1.29 is 4.79 Å². The highest BCUT2D eigenvalue weighted by atomic mass is 79.9. The predicted molar refractivity (Wildman–Crippen MR) is 67.9 cm³/mol. The summed E-state index contributed by atoms with van der Waals surface area (Å²) in [6, 6.07) is 7.09. The fourth-order valence-electron chi connectivity index (χ4n) is 0.882. The van der Waals surface area contributed by atoms with Gasteiger partial charge in [-0.1, -0.05) is 15.9 Å². The summed E-state index contributed by atoms with van der Waals surface area (Å²) in [4.78, 5) is 13.3. The first kappa shape index (κ1) is 12.1. The normalized spacial score (nSPS) is 9.53. The van der Waals surface area contributed by atoms with E-state index < -0.39 is 0 Å². The van der Waals surface area contributed by atoms with E-state index in [0.29, 0.717) is 10.7 Å². The smallest absolute Gasteiger partial charge is 0.257 e. The van der Waals surface area contributed by atoms with E-state index in [1.807, 2.05) is 12.1 Å². The summed E-state index contributed by atoms with van der Waals surface area (Å²) in [5, 5.41) is 3.02. The van der Waals surface area contributed by atoms with E-state index in [2.05, 4.69) is 21.2 Å². The van der Waals surface area contributed by atoms with Crippen molar-refractivity contribution in [3.63, 3.8) is 0 Å². The van der Waals surface area contributed by atoms with Gasteiger partial charge in [-0.25, -0.2) is 0 Å². The van der Waals surface area contributed by atoms with Gasteiger partial charge < -0.3 is 4.90 Å².